The molecule has 4 heterocycles. The van der Waals surface area contributed by atoms with E-state index in [1.807, 2.05) is 13.0 Å². The molecule has 9 nitrogen and oxygen atoms in total. The molecule has 6 rings (SSSR count). The molecule has 2 N–H and O–H groups in total. The van der Waals surface area contributed by atoms with Crippen molar-refractivity contribution in [3.05, 3.63) is 84.5 Å². The number of hydrogen-bond donors (Lipinski definition) is 2. The summed E-state index contributed by atoms with van der Waals surface area (Å²) in [6.45, 7) is 2.44. The minimum Gasteiger partial charge on any atom is -0.492 e. The number of rotatable bonds is 7. The van der Waals surface area contributed by atoms with E-state index in [2.05, 4.69) is 30.5 Å². The second-order valence-electron chi connectivity index (χ2n) is 8.97. The van der Waals surface area contributed by atoms with E-state index in [0.29, 0.717) is 53.9 Å². The topological polar surface area (TPSA) is 111 Å². The number of pyridine rings is 2. The first-order chi connectivity index (χ1) is 18.1. The molecule has 1 aliphatic carbocycles. The third kappa shape index (κ3) is 4.31. The number of H-pyrrole nitrogens is 1. The first kappa shape index (κ1) is 22.8. The Kier molecular flexibility index (Phi) is 5.84. The standard InChI is InChI=1S/C27H24FN7O2/c1-2-37-19-7-8-22(30-15-19)26-34-33-25(35(26)24-6-4-3-5-20(24)28)16-11-18(12-16)31-27(36)23-13-17-14-29-10-9-21(17)32-23/h3-10,13-16,18,32H,2,11-12H2,1H3,(H,31,36). The van der Waals surface area contributed by atoms with Gasteiger partial charge in [-0.2, -0.15) is 0 Å². The minimum atomic E-state index is -0.381. The first-order valence-corrected chi connectivity index (χ1v) is 12.1. The molecular formula is C27H24FN7O2. The van der Waals surface area contributed by atoms with Crippen molar-refractivity contribution in [3.8, 4) is 23.0 Å². The zero-order valence-electron chi connectivity index (χ0n) is 20.1. The summed E-state index contributed by atoms with van der Waals surface area (Å²) in [5.74, 6) is 1.18. The van der Waals surface area contributed by atoms with Gasteiger partial charge in [0.15, 0.2) is 5.82 Å². The molecule has 4 aromatic heterocycles. The van der Waals surface area contributed by atoms with Gasteiger partial charge in [0.05, 0.1) is 18.5 Å². The molecule has 1 fully saturated rings. The van der Waals surface area contributed by atoms with E-state index >= 15 is 0 Å². The van der Waals surface area contributed by atoms with Crippen LogP contribution in [-0.2, 0) is 0 Å². The highest BCUT2D eigenvalue weighted by Gasteiger charge is 2.36. The van der Waals surface area contributed by atoms with Crippen molar-refractivity contribution >= 4 is 16.8 Å². The van der Waals surface area contributed by atoms with Crippen LogP contribution in [0.1, 0.15) is 42.0 Å². The summed E-state index contributed by atoms with van der Waals surface area (Å²) in [6.07, 6.45) is 6.34. The van der Waals surface area contributed by atoms with E-state index in [0.717, 1.165) is 10.9 Å². The zero-order valence-corrected chi connectivity index (χ0v) is 20.1. The highest BCUT2D eigenvalue weighted by Crippen LogP contribution is 2.39. The molecule has 1 amide bonds. The monoisotopic (exact) mass is 497 g/mol. The molecule has 0 unspecified atom stereocenters. The maximum Gasteiger partial charge on any atom is 0.267 e. The van der Waals surface area contributed by atoms with E-state index in [9.17, 15) is 9.18 Å². The molecule has 37 heavy (non-hydrogen) atoms. The number of halogens is 1. The third-order valence-corrected chi connectivity index (χ3v) is 6.56. The number of carbonyl (C=O) groups excluding carboxylic acids is 1. The van der Waals surface area contributed by atoms with Crippen LogP contribution >= 0.6 is 0 Å². The molecule has 1 saturated carbocycles. The fourth-order valence-corrected chi connectivity index (χ4v) is 4.67. The molecule has 0 radical (unpaired) electrons. The van der Waals surface area contributed by atoms with Gasteiger partial charge in [-0.25, -0.2) is 9.37 Å². The van der Waals surface area contributed by atoms with E-state index < -0.39 is 0 Å². The van der Waals surface area contributed by atoms with E-state index in [1.54, 1.807) is 59.6 Å². The highest BCUT2D eigenvalue weighted by atomic mass is 19.1. The first-order valence-electron chi connectivity index (χ1n) is 12.1. The Morgan fingerprint density at radius 3 is 2.78 bits per heavy atom. The van der Waals surface area contributed by atoms with Crippen molar-refractivity contribution in [1.29, 1.82) is 0 Å². The molecule has 0 atom stereocenters. The Morgan fingerprint density at radius 2 is 2.03 bits per heavy atom. The van der Waals surface area contributed by atoms with Crippen LogP contribution in [0, 0.1) is 5.82 Å². The smallest absolute Gasteiger partial charge is 0.267 e. The number of hydrogen-bond acceptors (Lipinski definition) is 6. The molecule has 0 saturated heterocycles. The number of carbonyl (C=O) groups is 1. The van der Waals surface area contributed by atoms with Gasteiger partial charge < -0.3 is 15.0 Å². The Hall–Kier alpha value is -4.60. The van der Waals surface area contributed by atoms with Crippen molar-refractivity contribution in [3.63, 3.8) is 0 Å². The molecule has 10 heteroatoms. The number of aromatic amines is 1. The molecule has 0 bridgehead atoms. The predicted octanol–water partition coefficient (Wildman–Crippen LogP) is 4.42. The summed E-state index contributed by atoms with van der Waals surface area (Å²) in [4.78, 5) is 24.5. The summed E-state index contributed by atoms with van der Waals surface area (Å²) >= 11 is 0. The van der Waals surface area contributed by atoms with Crippen LogP contribution in [0.3, 0.4) is 0 Å². The zero-order chi connectivity index (χ0) is 25.4. The second-order valence-corrected chi connectivity index (χ2v) is 8.97. The van der Waals surface area contributed by atoms with Gasteiger partial charge in [-0.15, -0.1) is 10.2 Å². The van der Waals surface area contributed by atoms with Crippen LogP contribution in [-0.4, -0.2) is 48.3 Å². The quantitative estimate of drug-likeness (QED) is 0.344. The van der Waals surface area contributed by atoms with E-state index in [4.69, 9.17) is 4.74 Å². The summed E-state index contributed by atoms with van der Waals surface area (Å²) in [5.41, 5.74) is 2.26. The van der Waals surface area contributed by atoms with Gasteiger partial charge in [-0.1, -0.05) is 12.1 Å². The molecule has 5 aromatic rings. The SMILES string of the molecule is CCOc1ccc(-c2nnc(C3CC(NC(=O)c4cc5cnccc5[nH]4)C3)n2-c2ccccc2F)nc1. The van der Waals surface area contributed by atoms with Crippen LogP contribution in [0.15, 0.2) is 67.1 Å². The number of aromatic nitrogens is 6. The Bertz CT molecular complexity index is 1540. The Labute approximate surface area is 211 Å². The van der Waals surface area contributed by atoms with Gasteiger partial charge in [-0.3, -0.25) is 14.3 Å². The summed E-state index contributed by atoms with van der Waals surface area (Å²) in [7, 11) is 0. The van der Waals surface area contributed by atoms with Crippen LogP contribution in [0.4, 0.5) is 4.39 Å². The average Bonchev–Trinajstić information content (AvgIpc) is 3.52. The molecule has 1 aromatic carbocycles. The minimum absolute atomic E-state index is 0.000711. The van der Waals surface area contributed by atoms with Crippen molar-refractivity contribution in [2.24, 2.45) is 0 Å². The van der Waals surface area contributed by atoms with Gasteiger partial charge in [0, 0.05) is 35.3 Å². The Balaban J connectivity index is 1.24. The molecule has 186 valence electrons. The summed E-state index contributed by atoms with van der Waals surface area (Å²) < 4.78 is 22.1. The van der Waals surface area contributed by atoms with Crippen LogP contribution in [0.5, 0.6) is 5.75 Å². The maximum absolute atomic E-state index is 14.9. The van der Waals surface area contributed by atoms with E-state index in [1.165, 1.54) is 6.07 Å². The van der Waals surface area contributed by atoms with Gasteiger partial charge >= 0.3 is 0 Å². The number of nitrogens with zero attached hydrogens (tertiary/aromatic N) is 5. The molecular weight excluding hydrogens is 473 g/mol. The normalized spacial score (nSPS) is 16.9. The van der Waals surface area contributed by atoms with Crippen molar-refractivity contribution < 1.29 is 13.9 Å². The lowest BCUT2D eigenvalue weighted by Crippen LogP contribution is -2.44. The van der Waals surface area contributed by atoms with Gasteiger partial charge in [0.2, 0.25) is 0 Å². The van der Waals surface area contributed by atoms with Gasteiger partial charge in [0.25, 0.3) is 5.91 Å². The lowest BCUT2D eigenvalue weighted by Gasteiger charge is -2.35. The summed E-state index contributed by atoms with van der Waals surface area (Å²) in [5, 5.41) is 12.8. The van der Waals surface area contributed by atoms with Crippen molar-refractivity contribution in [1.82, 2.24) is 35.0 Å². The fourth-order valence-electron chi connectivity index (χ4n) is 4.67. The number of para-hydroxylation sites is 1. The van der Waals surface area contributed by atoms with E-state index in [-0.39, 0.29) is 23.7 Å². The number of nitrogens with one attached hydrogen (secondary N) is 2. The molecule has 0 spiro atoms. The molecule has 0 aliphatic heterocycles. The number of fused-ring (bicyclic) bond motifs is 1. The number of amides is 1. The lowest BCUT2D eigenvalue weighted by atomic mass is 9.79. The van der Waals surface area contributed by atoms with Crippen LogP contribution in [0.25, 0.3) is 28.1 Å². The largest absolute Gasteiger partial charge is 0.492 e. The predicted molar refractivity (Wildman–Crippen MR) is 135 cm³/mol. The summed E-state index contributed by atoms with van der Waals surface area (Å²) in [6, 6.07) is 13.7. The number of ether oxygens (including phenoxy) is 1. The number of benzene rings is 1. The Morgan fingerprint density at radius 1 is 1.16 bits per heavy atom. The van der Waals surface area contributed by atoms with Crippen LogP contribution in [0.2, 0.25) is 0 Å². The fraction of sp³-hybridized carbons (Fsp3) is 0.222. The van der Waals surface area contributed by atoms with Crippen LogP contribution < -0.4 is 10.1 Å². The second kappa shape index (κ2) is 9.45. The third-order valence-electron chi connectivity index (χ3n) is 6.56. The molecule has 1 aliphatic rings. The van der Waals surface area contributed by atoms with Gasteiger partial charge in [0.1, 0.15) is 28.8 Å². The van der Waals surface area contributed by atoms with Crippen molar-refractivity contribution in [2.45, 2.75) is 31.7 Å². The van der Waals surface area contributed by atoms with Crippen molar-refractivity contribution in [2.75, 3.05) is 6.61 Å². The highest BCUT2D eigenvalue weighted by molar-refractivity contribution is 5.98. The maximum atomic E-state index is 14.9. The lowest BCUT2D eigenvalue weighted by molar-refractivity contribution is 0.0903. The van der Waals surface area contributed by atoms with Gasteiger partial charge in [-0.05, 0) is 56.2 Å². The average molecular weight is 498 g/mol.